The summed E-state index contributed by atoms with van der Waals surface area (Å²) in [6, 6.07) is 15.7. The third kappa shape index (κ3) is 4.10. The van der Waals surface area contributed by atoms with Gasteiger partial charge in [-0.15, -0.1) is 0 Å². The predicted octanol–water partition coefficient (Wildman–Crippen LogP) is 4.86. The minimum absolute atomic E-state index is 0.332. The van der Waals surface area contributed by atoms with Crippen LogP contribution < -0.4 is 0 Å². The van der Waals surface area contributed by atoms with Gasteiger partial charge in [-0.05, 0) is 64.9 Å². The van der Waals surface area contributed by atoms with E-state index in [0.717, 1.165) is 23.7 Å². The van der Waals surface area contributed by atoms with Gasteiger partial charge < -0.3 is 0 Å². The van der Waals surface area contributed by atoms with Crippen LogP contribution in [0.25, 0.3) is 0 Å². The van der Waals surface area contributed by atoms with Crippen LogP contribution in [0.2, 0.25) is 0 Å². The maximum atomic E-state index is 12.9. The van der Waals surface area contributed by atoms with Gasteiger partial charge in [0.1, 0.15) is 0 Å². The van der Waals surface area contributed by atoms with Crippen molar-refractivity contribution in [1.29, 1.82) is 0 Å². The van der Waals surface area contributed by atoms with Crippen LogP contribution in [0.4, 0.5) is 0 Å². The molecule has 1 fully saturated rings. The fraction of sp³-hybridized carbons (Fsp3) is 0.333. The first-order valence-electron chi connectivity index (χ1n) is 7.96. The molecule has 0 unspecified atom stereocenters. The smallest absolute Gasteiger partial charge is 0.207 e. The number of benzene rings is 2. The van der Waals surface area contributed by atoms with E-state index in [2.05, 4.69) is 56.1 Å². The topological polar surface area (TPSA) is 37.4 Å². The van der Waals surface area contributed by atoms with E-state index < -0.39 is 10.0 Å². The van der Waals surface area contributed by atoms with Gasteiger partial charge in [0.15, 0.2) is 0 Å². The summed E-state index contributed by atoms with van der Waals surface area (Å²) in [6.45, 7) is 1.16. The summed E-state index contributed by atoms with van der Waals surface area (Å²) in [5.74, 6) is 0.546. The van der Waals surface area contributed by atoms with E-state index in [-0.39, 0.29) is 0 Å². The molecular formula is C18H19Br2NO2S. The van der Waals surface area contributed by atoms with Gasteiger partial charge >= 0.3 is 0 Å². The molecule has 1 aliphatic heterocycles. The zero-order valence-electron chi connectivity index (χ0n) is 13.2. The Kier molecular flexibility index (Phi) is 5.80. The minimum atomic E-state index is -3.46. The lowest BCUT2D eigenvalue weighted by molar-refractivity contribution is 0.272. The number of nitrogens with zero attached hydrogens (tertiary/aromatic N) is 1. The SMILES string of the molecule is O=S(=O)(c1cc(Br)ccc1Br)N1CCC(Cc2ccccc2)CC1. The van der Waals surface area contributed by atoms with Crippen molar-refractivity contribution in [2.45, 2.75) is 24.2 Å². The standard InChI is InChI=1S/C18H19Br2NO2S/c19-16-6-7-17(20)18(13-16)24(22,23)21-10-8-15(9-11-21)12-14-4-2-1-3-5-14/h1-7,13,15H,8-12H2. The molecule has 0 radical (unpaired) electrons. The van der Waals surface area contributed by atoms with E-state index in [4.69, 9.17) is 0 Å². The second-order valence-corrected chi connectivity index (χ2v) is 9.79. The normalized spacial score (nSPS) is 17.1. The number of hydrogen-bond donors (Lipinski definition) is 0. The lowest BCUT2D eigenvalue weighted by Gasteiger charge is -2.31. The Hall–Kier alpha value is -0.690. The number of hydrogen-bond acceptors (Lipinski definition) is 2. The second kappa shape index (κ2) is 7.68. The van der Waals surface area contributed by atoms with Crippen molar-refractivity contribution in [3.05, 3.63) is 63.0 Å². The molecule has 0 amide bonds. The van der Waals surface area contributed by atoms with Crippen LogP contribution in [0.15, 0.2) is 62.4 Å². The van der Waals surface area contributed by atoms with Gasteiger partial charge in [-0.3, -0.25) is 0 Å². The van der Waals surface area contributed by atoms with Gasteiger partial charge in [0.05, 0.1) is 4.90 Å². The molecule has 0 spiro atoms. The lowest BCUT2D eigenvalue weighted by Crippen LogP contribution is -2.39. The molecule has 1 aliphatic rings. The van der Waals surface area contributed by atoms with Crippen molar-refractivity contribution >= 4 is 41.9 Å². The van der Waals surface area contributed by atoms with Crippen molar-refractivity contribution in [1.82, 2.24) is 4.31 Å². The van der Waals surface area contributed by atoms with Crippen LogP contribution >= 0.6 is 31.9 Å². The first-order chi connectivity index (χ1) is 11.5. The fourth-order valence-corrected chi connectivity index (χ4v) is 6.05. The van der Waals surface area contributed by atoms with Gasteiger partial charge in [0.25, 0.3) is 0 Å². The fourth-order valence-electron chi connectivity index (χ4n) is 3.12. The molecule has 6 heteroatoms. The predicted molar refractivity (Wildman–Crippen MR) is 103 cm³/mol. The van der Waals surface area contributed by atoms with Gasteiger partial charge in [0.2, 0.25) is 10.0 Å². The van der Waals surface area contributed by atoms with Crippen LogP contribution in [-0.4, -0.2) is 25.8 Å². The molecule has 1 heterocycles. The third-order valence-corrected chi connectivity index (χ3v) is 7.84. The quantitative estimate of drug-likeness (QED) is 0.637. The van der Waals surface area contributed by atoms with Crippen molar-refractivity contribution in [3.8, 4) is 0 Å². The average molecular weight is 473 g/mol. The zero-order valence-corrected chi connectivity index (χ0v) is 17.1. The van der Waals surface area contributed by atoms with Crippen molar-refractivity contribution < 1.29 is 8.42 Å². The highest BCUT2D eigenvalue weighted by Gasteiger charge is 2.30. The molecule has 2 aromatic carbocycles. The van der Waals surface area contributed by atoms with Gasteiger partial charge in [-0.1, -0.05) is 46.3 Å². The Morgan fingerprint density at radius 3 is 2.33 bits per heavy atom. The highest BCUT2D eigenvalue weighted by molar-refractivity contribution is 9.11. The summed E-state index contributed by atoms with van der Waals surface area (Å²) in [7, 11) is -3.46. The molecule has 0 N–H and O–H groups in total. The summed E-state index contributed by atoms with van der Waals surface area (Å²) in [4.78, 5) is 0.332. The molecule has 3 rings (SSSR count). The Labute approximate surface area is 160 Å². The number of rotatable bonds is 4. The van der Waals surface area contributed by atoms with E-state index in [9.17, 15) is 8.42 Å². The first-order valence-corrected chi connectivity index (χ1v) is 11.0. The highest BCUT2D eigenvalue weighted by atomic mass is 79.9. The van der Waals surface area contributed by atoms with Crippen LogP contribution in [-0.2, 0) is 16.4 Å². The largest absolute Gasteiger partial charge is 0.244 e. The molecular weight excluding hydrogens is 454 g/mol. The molecule has 2 aromatic rings. The molecule has 0 aromatic heterocycles. The molecule has 0 aliphatic carbocycles. The van der Waals surface area contributed by atoms with Crippen molar-refractivity contribution in [3.63, 3.8) is 0 Å². The number of piperidine rings is 1. The number of halogens is 2. The van der Waals surface area contributed by atoms with E-state index in [1.807, 2.05) is 12.1 Å². The van der Waals surface area contributed by atoms with E-state index in [0.29, 0.717) is 28.4 Å². The van der Waals surface area contributed by atoms with Crippen LogP contribution in [0.3, 0.4) is 0 Å². The maximum absolute atomic E-state index is 12.9. The molecule has 3 nitrogen and oxygen atoms in total. The monoisotopic (exact) mass is 471 g/mol. The summed E-state index contributed by atoms with van der Waals surface area (Å²) in [5, 5.41) is 0. The van der Waals surface area contributed by atoms with Crippen LogP contribution in [0, 0.1) is 5.92 Å². The van der Waals surface area contributed by atoms with Crippen LogP contribution in [0.1, 0.15) is 18.4 Å². The van der Waals surface area contributed by atoms with Crippen molar-refractivity contribution in [2.75, 3.05) is 13.1 Å². The average Bonchev–Trinajstić information content (AvgIpc) is 2.58. The molecule has 0 atom stereocenters. The van der Waals surface area contributed by atoms with E-state index in [1.165, 1.54) is 5.56 Å². The van der Waals surface area contributed by atoms with Gasteiger partial charge in [-0.2, -0.15) is 4.31 Å². The Morgan fingerprint density at radius 1 is 1.00 bits per heavy atom. The maximum Gasteiger partial charge on any atom is 0.244 e. The van der Waals surface area contributed by atoms with Crippen molar-refractivity contribution in [2.24, 2.45) is 5.92 Å². The first kappa shape index (κ1) is 18.1. The van der Waals surface area contributed by atoms with Gasteiger partial charge in [0, 0.05) is 22.0 Å². The molecule has 0 saturated carbocycles. The Bertz CT molecular complexity index is 801. The minimum Gasteiger partial charge on any atom is -0.207 e. The second-order valence-electron chi connectivity index (χ2n) is 6.11. The summed E-state index contributed by atoms with van der Waals surface area (Å²) in [5.41, 5.74) is 1.33. The van der Waals surface area contributed by atoms with Crippen LogP contribution in [0.5, 0.6) is 0 Å². The van der Waals surface area contributed by atoms with E-state index >= 15 is 0 Å². The molecule has 24 heavy (non-hydrogen) atoms. The molecule has 1 saturated heterocycles. The van der Waals surface area contributed by atoms with E-state index in [1.54, 1.807) is 16.4 Å². The zero-order chi connectivity index (χ0) is 17.2. The third-order valence-electron chi connectivity index (χ3n) is 4.45. The summed E-state index contributed by atoms with van der Waals surface area (Å²) in [6.07, 6.45) is 2.83. The van der Waals surface area contributed by atoms with Gasteiger partial charge in [-0.25, -0.2) is 8.42 Å². The number of sulfonamides is 1. The highest BCUT2D eigenvalue weighted by Crippen LogP contribution is 2.31. The summed E-state index contributed by atoms with van der Waals surface area (Å²) >= 11 is 6.72. The lowest BCUT2D eigenvalue weighted by atomic mass is 9.91. The molecule has 0 bridgehead atoms. The Morgan fingerprint density at radius 2 is 1.67 bits per heavy atom. The molecule has 128 valence electrons. The Balaban J connectivity index is 1.68. The summed E-state index contributed by atoms with van der Waals surface area (Å²) < 4.78 is 28.8.